The molecule has 6 heteroatoms. The Labute approximate surface area is 116 Å². The molecule has 0 spiro atoms. The van der Waals surface area contributed by atoms with E-state index in [9.17, 15) is 0 Å². The van der Waals surface area contributed by atoms with Gasteiger partial charge >= 0.3 is 0 Å². The number of hydrogen-bond donors (Lipinski definition) is 1. The van der Waals surface area contributed by atoms with E-state index in [2.05, 4.69) is 15.5 Å². The molecule has 0 amide bonds. The van der Waals surface area contributed by atoms with E-state index in [1.807, 2.05) is 24.3 Å². The summed E-state index contributed by atoms with van der Waals surface area (Å²) in [6.45, 7) is 1.02. The first-order valence-corrected chi connectivity index (χ1v) is 6.83. The Morgan fingerprint density at radius 1 is 1.20 bits per heavy atom. The van der Waals surface area contributed by atoms with E-state index < -0.39 is 0 Å². The number of fused-ring (bicyclic) bond motifs is 1. The second kappa shape index (κ2) is 4.79. The Hall–Kier alpha value is -2.08. The van der Waals surface area contributed by atoms with Gasteiger partial charge in [0.05, 0.1) is 6.54 Å². The SMILES string of the molecule is c1ccc2c(c1)OCC(c1nc(CNC3CC3)no1)O2. The lowest BCUT2D eigenvalue weighted by Crippen LogP contribution is -2.22. The highest BCUT2D eigenvalue weighted by atomic mass is 16.6. The molecule has 0 bridgehead atoms. The third-order valence-corrected chi connectivity index (χ3v) is 3.39. The summed E-state index contributed by atoms with van der Waals surface area (Å²) >= 11 is 0. The highest BCUT2D eigenvalue weighted by Crippen LogP contribution is 2.35. The minimum absolute atomic E-state index is 0.341. The fourth-order valence-electron chi connectivity index (χ4n) is 2.13. The van der Waals surface area contributed by atoms with Gasteiger partial charge in [-0.25, -0.2) is 0 Å². The Kier molecular flexibility index (Phi) is 2.81. The Morgan fingerprint density at radius 3 is 2.90 bits per heavy atom. The van der Waals surface area contributed by atoms with Gasteiger partial charge in [-0.15, -0.1) is 0 Å². The lowest BCUT2D eigenvalue weighted by atomic mass is 10.2. The van der Waals surface area contributed by atoms with Crippen LogP contribution >= 0.6 is 0 Å². The second-order valence-electron chi connectivity index (χ2n) is 5.07. The van der Waals surface area contributed by atoms with Crippen molar-refractivity contribution in [2.75, 3.05) is 6.61 Å². The number of nitrogens with one attached hydrogen (secondary N) is 1. The lowest BCUT2D eigenvalue weighted by molar-refractivity contribution is 0.0665. The molecule has 2 aliphatic rings. The molecule has 1 saturated carbocycles. The molecule has 1 aromatic heterocycles. The number of rotatable bonds is 4. The van der Waals surface area contributed by atoms with Crippen LogP contribution in [0.5, 0.6) is 11.5 Å². The summed E-state index contributed by atoms with van der Waals surface area (Å²) in [4.78, 5) is 4.36. The first-order valence-electron chi connectivity index (χ1n) is 6.83. The molecule has 1 atom stereocenters. The van der Waals surface area contributed by atoms with Gasteiger partial charge in [0.25, 0.3) is 5.89 Å². The first-order chi connectivity index (χ1) is 9.88. The molecule has 20 heavy (non-hydrogen) atoms. The van der Waals surface area contributed by atoms with Crippen LogP contribution in [0.25, 0.3) is 0 Å². The van der Waals surface area contributed by atoms with E-state index in [0.29, 0.717) is 36.7 Å². The molecule has 4 rings (SSSR count). The Balaban J connectivity index is 1.45. The summed E-state index contributed by atoms with van der Waals surface area (Å²) in [6, 6.07) is 8.19. The largest absolute Gasteiger partial charge is 0.485 e. The Morgan fingerprint density at radius 2 is 2.05 bits per heavy atom. The summed E-state index contributed by atoms with van der Waals surface area (Å²) in [5.41, 5.74) is 0. The Bertz CT molecular complexity index is 609. The molecule has 1 fully saturated rings. The van der Waals surface area contributed by atoms with Crippen molar-refractivity contribution < 1.29 is 14.0 Å². The fraction of sp³-hybridized carbons (Fsp3) is 0.429. The van der Waals surface area contributed by atoms with Crippen molar-refractivity contribution in [1.82, 2.24) is 15.5 Å². The lowest BCUT2D eigenvalue weighted by Gasteiger charge is -2.23. The van der Waals surface area contributed by atoms with Gasteiger partial charge in [-0.2, -0.15) is 4.98 Å². The number of benzene rings is 1. The molecule has 1 unspecified atom stereocenters. The van der Waals surface area contributed by atoms with Gasteiger partial charge in [0.1, 0.15) is 6.61 Å². The van der Waals surface area contributed by atoms with Gasteiger partial charge in [-0.05, 0) is 25.0 Å². The van der Waals surface area contributed by atoms with Crippen molar-refractivity contribution in [3.05, 3.63) is 36.0 Å². The van der Waals surface area contributed by atoms with Crippen LogP contribution in [-0.2, 0) is 6.54 Å². The van der Waals surface area contributed by atoms with Gasteiger partial charge in [-0.1, -0.05) is 17.3 Å². The molecule has 0 radical (unpaired) electrons. The minimum atomic E-state index is -0.341. The maximum atomic E-state index is 5.83. The standard InChI is InChI=1S/C14H15N3O3/c1-2-4-11-10(3-1)18-8-12(19-11)14-16-13(17-20-14)7-15-9-5-6-9/h1-4,9,12,15H,5-8H2. The zero-order chi connectivity index (χ0) is 13.4. The van der Waals surface area contributed by atoms with Gasteiger partial charge in [0.15, 0.2) is 17.3 Å². The molecule has 1 aliphatic heterocycles. The molecule has 6 nitrogen and oxygen atoms in total. The van der Waals surface area contributed by atoms with Crippen LogP contribution in [-0.4, -0.2) is 22.8 Å². The van der Waals surface area contributed by atoms with Crippen molar-refractivity contribution in [2.45, 2.75) is 31.5 Å². The van der Waals surface area contributed by atoms with E-state index in [1.54, 1.807) is 0 Å². The van der Waals surface area contributed by atoms with Gasteiger partial charge < -0.3 is 19.3 Å². The molecular formula is C14H15N3O3. The van der Waals surface area contributed by atoms with Crippen molar-refractivity contribution in [3.63, 3.8) is 0 Å². The number of aromatic nitrogens is 2. The maximum Gasteiger partial charge on any atom is 0.271 e. The number of para-hydroxylation sites is 2. The fourth-order valence-corrected chi connectivity index (χ4v) is 2.13. The van der Waals surface area contributed by atoms with Crippen LogP contribution in [0.1, 0.15) is 30.7 Å². The van der Waals surface area contributed by atoms with Crippen LogP contribution < -0.4 is 14.8 Å². The van der Waals surface area contributed by atoms with Crippen LogP contribution in [0.4, 0.5) is 0 Å². The predicted octanol–water partition coefficient (Wildman–Crippen LogP) is 1.83. The third kappa shape index (κ3) is 2.34. The van der Waals surface area contributed by atoms with E-state index in [0.717, 1.165) is 5.75 Å². The van der Waals surface area contributed by atoms with Crippen molar-refractivity contribution in [1.29, 1.82) is 0 Å². The van der Waals surface area contributed by atoms with Gasteiger partial charge in [0.2, 0.25) is 6.10 Å². The second-order valence-corrected chi connectivity index (χ2v) is 5.07. The molecule has 104 valence electrons. The van der Waals surface area contributed by atoms with E-state index in [1.165, 1.54) is 12.8 Å². The van der Waals surface area contributed by atoms with Crippen LogP contribution in [0.2, 0.25) is 0 Å². The number of hydrogen-bond acceptors (Lipinski definition) is 6. The highest BCUT2D eigenvalue weighted by Gasteiger charge is 2.28. The average Bonchev–Trinajstić information content (AvgIpc) is 3.21. The quantitative estimate of drug-likeness (QED) is 0.916. The third-order valence-electron chi connectivity index (χ3n) is 3.39. The summed E-state index contributed by atoms with van der Waals surface area (Å²) in [7, 11) is 0. The molecular weight excluding hydrogens is 258 g/mol. The van der Waals surface area contributed by atoms with E-state index in [4.69, 9.17) is 14.0 Å². The highest BCUT2D eigenvalue weighted by molar-refractivity contribution is 5.40. The number of nitrogens with zero attached hydrogens (tertiary/aromatic N) is 2. The van der Waals surface area contributed by atoms with Crippen molar-refractivity contribution in [3.8, 4) is 11.5 Å². The molecule has 1 N–H and O–H groups in total. The average molecular weight is 273 g/mol. The molecule has 1 aliphatic carbocycles. The van der Waals surface area contributed by atoms with Gasteiger partial charge in [-0.3, -0.25) is 0 Å². The number of ether oxygens (including phenoxy) is 2. The van der Waals surface area contributed by atoms with Crippen LogP contribution in [0, 0.1) is 0 Å². The summed E-state index contributed by atoms with van der Waals surface area (Å²) < 4.78 is 16.7. The molecule has 1 aromatic carbocycles. The molecule has 0 saturated heterocycles. The molecule has 2 aromatic rings. The van der Waals surface area contributed by atoms with Crippen molar-refractivity contribution >= 4 is 0 Å². The van der Waals surface area contributed by atoms with Gasteiger partial charge in [0, 0.05) is 6.04 Å². The van der Waals surface area contributed by atoms with E-state index in [-0.39, 0.29) is 6.10 Å². The summed E-state index contributed by atoms with van der Waals surface area (Å²) in [6.07, 6.45) is 2.13. The predicted molar refractivity (Wildman–Crippen MR) is 69.5 cm³/mol. The summed E-state index contributed by atoms with van der Waals surface area (Å²) in [5, 5.41) is 7.31. The van der Waals surface area contributed by atoms with Crippen LogP contribution in [0.3, 0.4) is 0 Å². The minimum Gasteiger partial charge on any atom is -0.485 e. The zero-order valence-electron chi connectivity index (χ0n) is 10.9. The summed E-state index contributed by atoms with van der Waals surface area (Å²) in [5.74, 6) is 2.58. The van der Waals surface area contributed by atoms with E-state index >= 15 is 0 Å². The smallest absolute Gasteiger partial charge is 0.271 e. The van der Waals surface area contributed by atoms with Crippen LogP contribution in [0.15, 0.2) is 28.8 Å². The molecule has 2 heterocycles. The maximum absolute atomic E-state index is 5.83. The monoisotopic (exact) mass is 273 g/mol. The zero-order valence-corrected chi connectivity index (χ0v) is 10.9. The van der Waals surface area contributed by atoms with Crippen molar-refractivity contribution in [2.24, 2.45) is 0 Å². The topological polar surface area (TPSA) is 69.4 Å². The normalized spacial score (nSPS) is 20.9. The first kappa shape index (κ1) is 11.7.